The summed E-state index contributed by atoms with van der Waals surface area (Å²) in [6, 6.07) is 7.69. The highest BCUT2D eigenvalue weighted by Gasteiger charge is 2.31. The first-order valence-corrected chi connectivity index (χ1v) is 10.3. The molecule has 0 saturated carbocycles. The van der Waals surface area contributed by atoms with Crippen molar-refractivity contribution in [2.75, 3.05) is 44.6 Å². The monoisotopic (exact) mass is 468 g/mol. The van der Waals surface area contributed by atoms with E-state index in [0.29, 0.717) is 30.3 Å². The number of nitrogens with zero attached hydrogens (tertiary/aromatic N) is 4. The van der Waals surface area contributed by atoms with Gasteiger partial charge in [-0.15, -0.1) is 24.8 Å². The van der Waals surface area contributed by atoms with E-state index in [4.69, 9.17) is 0 Å². The third-order valence-electron chi connectivity index (χ3n) is 5.67. The number of aromatic nitrogens is 2. The standard InChI is InChI=1S/C21H28N6O2.2ClH/c28-20(5-9-25-11-6-23-16-25)24-18-3-1-2-17(14-18)21(29)27-10-4-19(15-27)26-12-7-22-8-13-26;;/h1-3,6,11,14,16,19,22H,4-5,7-10,12-13,15H2,(H,24,28);2*1H. The number of carbonyl (C=O) groups excluding carboxylic acids is 2. The molecule has 2 N–H and O–H groups in total. The number of aryl methyl sites for hydroxylation is 1. The smallest absolute Gasteiger partial charge is 0.253 e. The lowest BCUT2D eigenvalue weighted by atomic mass is 10.1. The Labute approximate surface area is 195 Å². The van der Waals surface area contributed by atoms with Crippen LogP contribution >= 0.6 is 24.8 Å². The van der Waals surface area contributed by atoms with Crippen molar-refractivity contribution >= 4 is 42.3 Å². The molecule has 8 nitrogen and oxygen atoms in total. The SMILES string of the molecule is Cl.Cl.O=C(CCn1ccnc1)Nc1cccc(C(=O)N2CCC(N3CCNCC3)C2)c1. The van der Waals surface area contributed by atoms with E-state index >= 15 is 0 Å². The van der Waals surface area contributed by atoms with Crippen LogP contribution in [0.5, 0.6) is 0 Å². The minimum atomic E-state index is -0.0803. The maximum absolute atomic E-state index is 13.0. The minimum absolute atomic E-state index is 0. The first-order valence-electron chi connectivity index (χ1n) is 10.3. The number of carbonyl (C=O) groups is 2. The van der Waals surface area contributed by atoms with Crippen LogP contribution in [-0.2, 0) is 11.3 Å². The Kier molecular flexibility index (Phi) is 9.77. The number of nitrogens with one attached hydrogen (secondary N) is 2. The zero-order chi connectivity index (χ0) is 20.1. The molecule has 1 atom stereocenters. The van der Waals surface area contributed by atoms with E-state index in [9.17, 15) is 9.59 Å². The first kappa shape index (κ1) is 25.1. The summed E-state index contributed by atoms with van der Waals surface area (Å²) in [6.07, 6.45) is 6.59. The van der Waals surface area contributed by atoms with Crippen LogP contribution in [0.2, 0.25) is 0 Å². The molecule has 1 aromatic carbocycles. The van der Waals surface area contributed by atoms with Crippen LogP contribution in [0.25, 0.3) is 0 Å². The van der Waals surface area contributed by atoms with Crippen LogP contribution in [0, 0.1) is 0 Å². The van der Waals surface area contributed by atoms with Crippen LogP contribution in [0.4, 0.5) is 5.69 Å². The van der Waals surface area contributed by atoms with Gasteiger partial charge in [0.05, 0.1) is 6.33 Å². The average Bonchev–Trinajstić information content (AvgIpc) is 3.45. The molecule has 3 heterocycles. The molecule has 0 aliphatic carbocycles. The van der Waals surface area contributed by atoms with Gasteiger partial charge in [-0.1, -0.05) is 6.07 Å². The molecule has 1 aromatic heterocycles. The first-order chi connectivity index (χ1) is 14.2. The van der Waals surface area contributed by atoms with Gasteiger partial charge in [-0.2, -0.15) is 0 Å². The molecule has 10 heteroatoms. The number of piperazine rings is 1. The van der Waals surface area contributed by atoms with Gasteiger partial charge in [0.25, 0.3) is 5.91 Å². The predicted molar refractivity (Wildman–Crippen MR) is 125 cm³/mol. The summed E-state index contributed by atoms with van der Waals surface area (Å²) in [6.45, 7) is 6.28. The maximum atomic E-state index is 13.0. The normalized spacial score (nSPS) is 18.7. The summed E-state index contributed by atoms with van der Waals surface area (Å²) < 4.78 is 1.86. The Bertz CT molecular complexity index is 842. The Morgan fingerprint density at radius 2 is 1.97 bits per heavy atom. The summed E-state index contributed by atoms with van der Waals surface area (Å²) in [5, 5.41) is 6.27. The van der Waals surface area contributed by atoms with Crippen LogP contribution in [0.15, 0.2) is 43.0 Å². The van der Waals surface area contributed by atoms with E-state index in [0.717, 1.165) is 45.7 Å². The second kappa shape index (κ2) is 12.0. The lowest BCUT2D eigenvalue weighted by Crippen LogP contribution is -2.49. The van der Waals surface area contributed by atoms with Crippen LogP contribution in [-0.4, -0.2) is 76.5 Å². The molecule has 2 aliphatic heterocycles. The Morgan fingerprint density at radius 3 is 2.71 bits per heavy atom. The minimum Gasteiger partial charge on any atom is -0.337 e. The van der Waals surface area contributed by atoms with E-state index in [1.807, 2.05) is 33.9 Å². The number of rotatable bonds is 6. The molecule has 170 valence electrons. The summed E-state index contributed by atoms with van der Waals surface area (Å²) in [4.78, 5) is 33.6. The fraction of sp³-hybridized carbons (Fsp3) is 0.476. The molecule has 0 bridgehead atoms. The van der Waals surface area contributed by atoms with Crippen molar-refractivity contribution in [2.45, 2.75) is 25.4 Å². The topological polar surface area (TPSA) is 82.5 Å². The highest BCUT2D eigenvalue weighted by atomic mass is 35.5. The van der Waals surface area contributed by atoms with E-state index in [1.54, 1.807) is 18.6 Å². The Morgan fingerprint density at radius 1 is 1.16 bits per heavy atom. The van der Waals surface area contributed by atoms with Gasteiger partial charge < -0.3 is 20.1 Å². The molecule has 0 radical (unpaired) electrons. The zero-order valence-electron chi connectivity index (χ0n) is 17.4. The molecule has 31 heavy (non-hydrogen) atoms. The quantitative estimate of drug-likeness (QED) is 0.675. The van der Waals surface area contributed by atoms with E-state index < -0.39 is 0 Å². The number of hydrogen-bond donors (Lipinski definition) is 2. The number of halogens is 2. The molecule has 2 aliphatic rings. The highest BCUT2D eigenvalue weighted by Crippen LogP contribution is 2.20. The maximum Gasteiger partial charge on any atom is 0.253 e. The van der Waals surface area contributed by atoms with Gasteiger partial charge in [0.1, 0.15) is 0 Å². The highest BCUT2D eigenvalue weighted by molar-refractivity contribution is 5.97. The fourth-order valence-electron chi connectivity index (χ4n) is 4.06. The van der Waals surface area contributed by atoms with Crippen molar-refractivity contribution in [1.82, 2.24) is 24.7 Å². The second-order valence-electron chi connectivity index (χ2n) is 7.66. The Hall–Kier alpha value is -2.13. The number of hydrogen-bond acceptors (Lipinski definition) is 5. The molecule has 2 fully saturated rings. The van der Waals surface area contributed by atoms with E-state index in [-0.39, 0.29) is 36.6 Å². The van der Waals surface area contributed by atoms with Crippen LogP contribution in [0.3, 0.4) is 0 Å². The molecular weight excluding hydrogens is 439 g/mol. The summed E-state index contributed by atoms with van der Waals surface area (Å²) in [5.41, 5.74) is 1.28. The van der Waals surface area contributed by atoms with Crippen molar-refractivity contribution < 1.29 is 9.59 Å². The molecule has 0 spiro atoms. The lowest BCUT2D eigenvalue weighted by Gasteiger charge is -2.32. The molecule has 2 amide bonds. The third kappa shape index (κ3) is 6.67. The van der Waals surface area contributed by atoms with Crippen LogP contribution in [0.1, 0.15) is 23.2 Å². The van der Waals surface area contributed by atoms with Crippen molar-refractivity contribution in [3.05, 3.63) is 48.5 Å². The number of amides is 2. The van der Waals surface area contributed by atoms with Gasteiger partial charge in [-0.25, -0.2) is 4.98 Å². The molecule has 4 rings (SSSR count). The van der Waals surface area contributed by atoms with Gasteiger partial charge in [-0.3, -0.25) is 14.5 Å². The number of benzene rings is 1. The van der Waals surface area contributed by atoms with Gasteiger partial charge in [0.15, 0.2) is 0 Å². The van der Waals surface area contributed by atoms with E-state index in [2.05, 4.69) is 20.5 Å². The number of likely N-dealkylation sites (tertiary alicyclic amines) is 1. The van der Waals surface area contributed by atoms with E-state index in [1.165, 1.54) is 0 Å². The van der Waals surface area contributed by atoms with Gasteiger partial charge >= 0.3 is 0 Å². The summed E-state index contributed by atoms with van der Waals surface area (Å²) >= 11 is 0. The lowest BCUT2D eigenvalue weighted by molar-refractivity contribution is -0.116. The molecule has 2 aromatic rings. The fourth-order valence-corrected chi connectivity index (χ4v) is 4.06. The zero-order valence-corrected chi connectivity index (χ0v) is 19.0. The van der Waals surface area contributed by atoms with Crippen molar-refractivity contribution in [3.63, 3.8) is 0 Å². The average molecular weight is 469 g/mol. The summed E-state index contributed by atoms with van der Waals surface area (Å²) in [5.74, 6) is -0.0413. The summed E-state index contributed by atoms with van der Waals surface area (Å²) in [7, 11) is 0. The molecule has 2 saturated heterocycles. The van der Waals surface area contributed by atoms with Gasteiger partial charge in [0, 0.05) is 81.9 Å². The number of imidazole rings is 1. The second-order valence-corrected chi connectivity index (χ2v) is 7.66. The number of anilines is 1. The third-order valence-corrected chi connectivity index (χ3v) is 5.67. The van der Waals surface area contributed by atoms with Crippen molar-refractivity contribution in [3.8, 4) is 0 Å². The molecule has 1 unspecified atom stereocenters. The Balaban J connectivity index is 0.00000171. The largest absolute Gasteiger partial charge is 0.337 e. The van der Waals surface area contributed by atoms with Gasteiger partial charge in [-0.05, 0) is 24.6 Å². The van der Waals surface area contributed by atoms with Crippen molar-refractivity contribution in [1.29, 1.82) is 0 Å². The predicted octanol–water partition coefficient (Wildman–Crippen LogP) is 1.88. The van der Waals surface area contributed by atoms with Crippen molar-refractivity contribution in [2.24, 2.45) is 0 Å². The van der Waals surface area contributed by atoms with Gasteiger partial charge in [0.2, 0.25) is 5.91 Å². The van der Waals surface area contributed by atoms with Crippen LogP contribution < -0.4 is 10.6 Å². The molecular formula is C21H30Cl2N6O2.